The molecule has 0 aliphatic heterocycles. The van der Waals surface area contributed by atoms with Crippen LogP contribution >= 0.6 is 0 Å². The number of nitrogens with two attached hydrogens (primary N) is 1. The van der Waals surface area contributed by atoms with Crippen LogP contribution in [0, 0.1) is 12.7 Å². The molecule has 0 unspecified atom stereocenters. The van der Waals surface area contributed by atoms with Crippen LogP contribution in [0.1, 0.15) is 22.9 Å². The van der Waals surface area contributed by atoms with Crippen LogP contribution in [0.25, 0.3) is 10.9 Å². The molecule has 128 valence electrons. The third-order valence-electron chi connectivity index (χ3n) is 4.22. The van der Waals surface area contributed by atoms with Gasteiger partial charge in [-0.2, -0.15) is 0 Å². The van der Waals surface area contributed by atoms with E-state index in [9.17, 15) is 9.18 Å². The first kappa shape index (κ1) is 17.0. The maximum absolute atomic E-state index is 13.6. The minimum atomic E-state index is -0.706. The predicted molar refractivity (Wildman–Crippen MR) is 96.3 cm³/mol. The quantitative estimate of drug-likeness (QED) is 0.777. The SMILES string of the molecule is Cc1cc(CN(C)[C@H](C(N)=O)c2cccc(F)c2)c2ccccc2n1. The first-order valence-electron chi connectivity index (χ1n) is 8.06. The Balaban J connectivity index is 1.97. The van der Waals surface area contributed by atoms with Crippen LogP contribution in [-0.4, -0.2) is 22.8 Å². The van der Waals surface area contributed by atoms with Crippen LogP contribution in [0.15, 0.2) is 54.6 Å². The lowest BCUT2D eigenvalue weighted by molar-refractivity contribution is -0.123. The monoisotopic (exact) mass is 337 g/mol. The number of halogens is 1. The fraction of sp³-hybridized carbons (Fsp3) is 0.200. The number of hydrogen-bond acceptors (Lipinski definition) is 3. The number of rotatable bonds is 5. The zero-order valence-electron chi connectivity index (χ0n) is 14.2. The lowest BCUT2D eigenvalue weighted by Crippen LogP contribution is -2.35. The number of amides is 1. The second-order valence-electron chi connectivity index (χ2n) is 6.21. The molecule has 1 heterocycles. The molecule has 25 heavy (non-hydrogen) atoms. The molecule has 4 nitrogen and oxygen atoms in total. The molecule has 1 aromatic heterocycles. The highest BCUT2D eigenvalue weighted by Crippen LogP contribution is 2.25. The average Bonchev–Trinajstić information content (AvgIpc) is 2.54. The van der Waals surface area contributed by atoms with Crippen molar-refractivity contribution in [3.8, 4) is 0 Å². The second kappa shape index (κ2) is 6.99. The van der Waals surface area contributed by atoms with Crippen molar-refractivity contribution in [2.24, 2.45) is 5.73 Å². The number of aryl methyl sites for hydroxylation is 1. The maximum atomic E-state index is 13.6. The highest BCUT2D eigenvalue weighted by Gasteiger charge is 2.24. The number of aromatic nitrogens is 1. The molecule has 0 saturated carbocycles. The minimum absolute atomic E-state index is 0.387. The van der Waals surface area contributed by atoms with Crippen LogP contribution in [-0.2, 0) is 11.3 Å². The van der Waals surface area contributed by atoms with Gasteiger partial charge in [0.25, 0.3) is 0 Å². The van der Waals surface area contributed by atoms with E-state index in [4.69, 9.17) is 5.73 Å². The van der Waals surface area contributed by atoms with Gasteiger partial charge in [-0.25, -0.2) is 4.39 Å². The van der Waals surface area contributed by atoms with Crippen LogP contribution in [0.2, 0.25) is 0 Å². The summed E-state index contributed by atoms with van der Waals surface area (Å²) in [4.78, 5) is 18.4. The Hall–Kier alpha value is -2.79. The molecule has 1 amide bonds. The van der Waals surface area contributed by atoms with E-state index in [0.29, 0.717) is 12.1 Å². The van der Waals surface area contributed by atoms with Crippen molar-refractivity contribution in [2.75, 3.05) is 7.05 Å². The van der Waals surface area contributed by atoms with E-state index >= 15 is 0 Å². The zero-order valence-corrected chi connectivity index (χ0v) is 14.2. The Morgan fingerprint density at radius 3 is 2.68 bits per heavy atom. The van der Waals surface area contributed by atoms with Crippen LogP contribution in [0.4, 0.5) is 4.39 Å². The fourth-order valence-corrected chi connectivity index (χ4v) is 3.20. The van der Waals surface area contributed by atoms with Crippen molar-refractivity contribution in [2.45, 2.75) is 19.5 Å². The van der Waals surface area contributed by atoms with E-state index in [1.807, 2.05) is 49.2 Å². The van der Waals surface area contributed by atoms with Gasteiger partial charge in [0.1, 0.15) is 11.9 Å². The van der Waals surface area contributed by atoms with Gasteiger partial charge in [0, 0.05) is 17.6 Å². The number of likely N-dealkylation sites (N-methyl/N-ethyl adjacent to an activating group) is 1. The topological polar surface area (TPSA) is 59.2 Å². The maximum Gasteiger partial charge on any atom is 0.239 e. The van der Waals surface area contributed by atoms with Gasteiger partial charge in [-0.1, -0.05) is 30.3 Å². The minimum Gasteiger partial charge on any atom is -0.368 e. The third kappa shape index (κ3) is 3.67. The summed E-state index contributed by atoms with van der Waals surface area (Å²) in [5, 5.41) is 1.03. The zero-order chi connectivity index (χ0) is 18.0. The molecule has 0 aliphatic carbocycles. The molecule has 0 spiro atoms. The van der Waals surface area contributed by atoms with Gasteiger partial charge in [0.05, 0.1) is 5.52 Å². The second-order valence-corrected chi connectivity index (χ2v) is 6.21. The van der Waals surface area contributed by atoms with Gasteiger partial charge in [-0.3, -0.25) is 14.7 Å². The summed E-state index contributed by atoms with van der Waals surface area (Å²) in [6, 6.07) is 15.2. The number of hydrogen-bond donors (Lipinski definition) is 1. The summed E-state index contributed by atoms with van der Waals surface area (Å²) in [5.41, 5.74) is 9.01. The molecular weight excluding hydrogens is 317 g/mol. The summed E-state index contributed by atoms with van der Waals surface area (Å²) >= 11 is 0. The van der Waals surface area contributed by atoms with Crippen molar-refractivity contribution in [3.63, 3.8) is 0 Å². The predicted octanol–water partition coefficient (Wildman–Crippen LogP) is 3.34. The number of fused-ring (bicyclic) bond motifs is 1. The third-order valence-corrected chi connectivity index (χ3v) is 4.22. The molecule has 2 aromatic carbocycles. The smallest absolute Gasteiger partial charge is 0.239 e. The van der Waals surface area contributed by atoms with E-state index in [0.717, 1.165) is 22.2 Å². The number of benzene rings is 2. The lowest BCUT2D eigenvalue weighted by atomic mass is 10.0. The molecule has 0 fully saturated rings. The first-order chi connectivity index (χ1) is 12.0. The van der Waals surface area contributed by atoms with Crippen LogP contribution in [0.5, 0.6) is 0 Å². The number of carbonyl (C=O) groups is 1. The number of primary amides is 1. The molecule has 1 atom stereocenters. The largest absolute Gasteiger partial charge is 0.368 e. The van der Waals surface area contributed by atoms with Crippen molar-refractivity contribution in [1.82, 2.24) is 9.88 Å². The van der Waals surface area contributed by atoms with Crippen LogP contribution in [0.3, 0.4) is 0 Å². The van der Waals surface area contributed by atoms with Gasteiger partial charge >= 0.3 is 0 Å². The highest BCUT2D eigenvalue weighted by molar-refractivity contribution is 5.83. The molecule has 0 aliphatic rings. The van der Waals surface area contributed by atoms with Gasteiger partial charge in [-0.15, -0.1) is 0 Å². The van der Waals surface area contributed by atoms with Gasteiger partial charge < -0.3 is 5.73 Å². The lowest BCUT2D eigenvalue weighted by Gasteiger charge is -2.26. The number of carbonyl (C=O) groups excluding carboxylic acids is 1. The Bertz CT molecular complexity index is 926. The summed E-state index contributed by atoms with van der Waals surface area (Å²) < 4.78 is 13.6. The molecule has 2 N–H and O–H groups in total. The van der Waals surface area contributed by atoms with E-state index < -0.39 is 11.9 Å². The molecule has 5 heteroatoms. The molecule has 0 radical (unpaired) electrons. The van der Waals surface area contributed by atoms with Crippen molar-refractivity contribution < 1.29 is 9.18 Å². The van der Waals surface area contributed by atoms with Crippen molar-refractivity contribution in [1.29, 1.82) is 0 Å². The van der Waals surface area contributed by atoms with E-state index in [-0.39, 0.29) is 5.82 Å². The summed E-state index contributed by atoms with van der Waals surface area (Å²) in [6.07, 6.45) is 0. The molecule has 0 saturated heterocycles. The number of pyridine rings is 1. The van der Waals surface area contributed by atoms with Crippen molar-refractivity contribution >= 4 is 16.8 Å². The summed E-state index contributed by atoms with van der Waals surface area (Å²) in [6.45, 7) is 2.43. The molecule has 3 rings (SSSR count). The highest BCUT2D eigenvalue weighted by atomic mass is 19.1. The van der Waals surface area contributed by atoms with Gasteiger partial charge in [0.2, 0.25) is 5.91 Å². The first-order valence-corrected chi connectivity index (χ1v) is 8.06. The van der Waals surface area contributed by atoms with E-state index in [2.05, 4.69) is 4.98 Å². The summed E-state index contributed by atoms with van der Waals surface area (Å²) in [7, 11) is 1.81. The average molecular weight is 337 g/mol. The number of nitrogens with zero attached hydrogens (tertiary/aromatic N) is 2. The normalized spacial score (nSPS) is 12.5. The van der Waals surface area contributed by atoms with E-state index in [1.165, 1.54) is 12.1 Å². The fourth-order valence-electron chi connectivity index (χ4n) is 3.20. The van der Waals surface area contributed by atoms with Gasteiger partial charge in [0.15, 0.2) is 0 Å². The number of para-hydroxylation sites is 1. The Morgan fingerprint density at radius 1 is 1.20 bits per heavy atom. The molecule has 3 aromatic rings. The molecular formula is C20H20FN3O. The Labute approximate surface area is 146 Å². The summed E-state index contributed by atoms with van der Waals surface area (Å²) in [5.74, 6) is -0.898. The Morgan fingerprint density at radius 2 is 1.96 bits per heavy atom. The van der Waals surface area contributed by atoms with Crippen molar-refractivity contribution in [3.05, 3.63) is 77.2 Å². The van der Waals surface area contributed by atoms with Crippen LogP contribution < -0.4 is 5.73 Å². The van der Waals surface area contributed by atoms with Gasteiger partial charge in [-0.05, 0) is 49.4 Å². The van der Waals surface area contributed by atoms with E-state index in [1.54, 1.807) is 12.1 Å². The Kier molecular flexibility index (Phi) is 4.76. The molecule has 0 bridgehead atoms. The standard InChI is InChI=1S/C20H20FN3O/c1-13-10-15(17-8-3-4-9-18(17)23-13)12-24(2)19(20(22)25)14-6-5-7-16(21)11-14/h3-11,19H,12H2,1-2H3,(H2,22,25)/t19-/m0/s1.